The number of carbonyl (C=O) groups is 3. The Morgan fingerprint density at radius 3 is 2.48 bits per heavy atom. The zero-order chi connectivity index (χ0) is 20.2. The molecule has 4 N–H and O–H groups in total. The van der Waals surface area contributed by atoms with Crippen LogP contribution in [0.1, 0.15) is 32.6 Å². The second-order valence-electron chi connectivity index (χ2n) is 6.95. The van der Waals surface area contributed by atoms with Gasteiger partial charge in [-0.05, 0) is 38.4 Å². The van der Waals surface area contributed by atoms with Gasteiger partial charge in [0.1, 0.15) is 0 Å². The van der Waals surface area contributed by atoms with Crippen LogP contribution in [0.25, 0.3) is 0 Å². The van der Waals surface area contributed by atoms with Crippen LogP contribution in [0.5, 0.6) is 0 Å². The molecule has 5 atom stereocenters. The third-order valence-electron chi connectivity index (χ3n) is 4.97. The number of hydrogen-bond acceptors (Lipinski definition) is 8. The highest BCUT2D eigenvalue weighted by Gasteiger charge is 2.40. The second kappa shape index (κ2) is 9.24. The fourth-order valence-electron chi connectivity index (χ4n) is 3.57. The topological polar surface area (TPSA) is 145 Å². The molecule has 9 nitrogen and oxygen atoms in total. The van der Waals surface area contributed by atoms with Crippen LogP contribution < -0.4 is 16.4 Å². The minimum Gasteiger partial charge on any atom is -0.450 e. The van der Waals surface area contributed by atoms with E-state index in [1.165, 1.54) is 18.0 Å². The molecule has 11 heteroatoms. The van der Waals surface area contributed by atoms with Crippen molar-refractivity contribution in [2.75, 3.05) is 18.6 Å². The Kier molecular flexibility index (Phi) is 7.52. The van der Waals surface area contributed by atoms with Crippen LogP contribution in [0.3, 0.4) is 0 Å². The molecule has 0 radical (unpaired) electrons. The number of nitrogens with two attached hydrogens (primary N) is 1. The van der Waals surface area contributed by atoms with Crippen LogP contribution in [-0.4, -0.2) is 61.6 Å². The average molecular weight is 422 g/mol. The highest BCUT2D eigenvalue weighted by molar-refractivity contribution is 8.00. The van der Waals surface area contributed by atoms with E-state index in [1.54, 1.807) is 6.92 Å². The lowest BCUT2D eigenvalue weighted by Crippen LogP contribution is -2.50. The van der Waals surface area contributed by atoms with E-state index in [0.717, 1.165) is 0 Å². The van der Waals surface area contributed by atoms with Crippen molar-refractivity contribution in [3.05, 3.63) is 0 Å². The Morgan fingerprint density at radius 1 is 1.19 bits per heavy atom. The van der Waals surface area contributed by atoms with Crippen molar-refractivity contribution in [1.82, 2.24) is 10.6 Å². The van der Waals surface area contributed by atoms with Crippen LogP contribution in [0.4, 0.5) is 4.79 Å². The van der Waals surface area contributed by atoms with Crippen molar-refractivity contribution < 1.29 is 27.5 Å². The molecule has 1 saturated heterocycles. The summed E-state index contributed by atoms with van der Waals surface area (Å²) < 4.78 is 28.2. The van der Waals surface area contributed by atoms with Crippen LogP contribution >= 0.6 is 11.8 Å². The molecule has 5 unspecified atom stereocenters. The van der Waals surface area contributed by atoms with Crippen molar-refractivity contribution in [2.24, 2.45) is 17.6 Å². The molecule has 2 aliphatic rings. The number of ether oxygens (including phenoxy) is 1. The number of nitrogens with one attached hydrogen (secondary N) is 2. The third kappa shape index (κ3) is 5.82. The Labute approximate surface area is 163 Å². The van der Waals surface area contributed by atoms with E-state index in [4.69, 9.17) is 10.5 Å². The van der Waals surface area contributed by atoms with Crippen LogP contribution in [0, 0.1) is 11.8 Å². The SMILES string of the molecule is CCOC(=O)NC(=O)C1CCSC1NC(=O)C1CCC(S(C)(=O)=O)C(N)C1. The molecular formula is C16H27N3O6S2. The maximum atomic E-state index is 12.6. The van der Waals surface area contributed by atoms with Gasteiger partial charge in [0, 0.05) is 18.2 Å². The lowest BCUT2D eigenvalue weighted by molar-refractivity contribution is -0.127. The van der Waals surface area contributed by atoms with Crippen molar-refractivity contribution in [3.63, 3.8) is 0 Å². The molecule has 0 aromatic rings. The van der Waals surface area contributed by atoms with Gasteiger partial charge >= 0.3 is 6.09 Å². The van der Waals surface area contributed by atoms with Gasteiger partial charge in [-0.3, -0.25) is 14.9 Å². The van der Waals surface area contributed by atoms with Gasteiger partial charge in [0.25, 0.3) is 0 Å². The first-order valence-corrected chi connectivity index (χ1v) is 12.0. The largest absolute Gasteiger partial charge is 0.450 e. The zero-order valence-corrected chi connectivity index (χ0v) is 17.1. The fraction of sp³-hybridized carbons (Fsp3) is 0.812. The molecule has 0 spiro atoms. The first-order chi connectivity index (χ1) is 12.6. The van der Waals surface area contributed by atoms with Gasteiger partial charge in [-0.1, -0.05) is 0 Å². The number of alkyl carbamates (subject to hydrolysis) is 1. The molecule has 2 fully saturated rings. The van der Waals surface area contributed by atoms with Gasteiger partial charge in [-0.15, -0.1) is 11.8 Å². The molecule has 1 heterocycles. The van der Waals surface area contributed by atoms with Crippen LogP contribution in [-0.2, 0) is 24.2 Å². The van der Waals surface area contributed by atoms with Gasteiger partial charge < -0.3 is 15.8 Å². The van der Waals surface area contributed by atoms with E-state index in [9.17, 15) is 22.8 Å². The minimum absolute atomic E-state index is 0.162. The number of amides is 3. The summed E-state index contributed by atoms with van der Waals surface area (Å²) in [4.78, 5) is 36.3. The molecule has 3 amide bonds. The molecule has 27 heavy (non-hydrogen) atoms. The van der Waals surface area contributed by atoms with Crippen molar-refractivity contribution in [1.29, 1.82) is 0 Å². The molecule has 1 saturated carbocycles. The van der Waals surface area contributed by atoms with E-state index in [-0.39, 0.29) is 18.4 Å². The molecule has 2 rings (SSSR count). The molecular weight excluding hydrogens is 394 g/mol. The quantitative estimate of drug-likeness (QED) is 0.562. The Bertz CT molecular complexity index is 684. The summed E-state index contributed by atoms with van der Waals surface area (Å²) in [7, 11) is -3.24. The molecule has 0 bridgehead atoms. The fourth-order valence-corrected chi connectivity index (χ4v) is 6.21. The normalized spacial score (nSPS) is 31.1. The smallest absolute Gasteiger partial charge is 0.413 e. The molecule has 1 aliphatic heterocycles. The number of imide groups is 1. The predicted molar refractivity (Wildman–Crippen MR) is 102 cm³/mol. The predicted octanol–water partition coefficient (Wildman–Crippen LogP) is -0.00490. The van der Waals surface area contributed by atoms with E-state index < -0.39 is 44.4 Å². The van der Waals surface area contributed by atoms with Gasteiger partial charge in [0.15, 0.2) is 9.84 Å². The van der Waals surface area contributed by atoms with E-state index >= 15 is 0 Å². The number of thioether (sulfide) groups is 1. The highest BCUT2D eigenvalue weighted by atomic mass is 32.2. The monoisotopic (exact) mass is 421 g/mol. The Balaban J connectivity index is 1.91. The zero-order valence-electron chi connectivity index (χ0n) is 15.5. The first-order valence-electron chi connectivity index (χ1n) is 8.97. The van der Waals surface area contributed by atoms with Gasteiger partial charge in [0.05, 0.1) is 23.1 Å². The molecule has 0 aromatic carbocycles. The van der Waals surface area contributed by atoms with E-state index in [2.05, 4.69) is 10.6 Å². The number of carbonyl (C=O) groups excluding carboxylic acids is 3. The van der Waals surface area contributed by atoms with E-state index in [0.29, 0.717) is 31.4 Å². The van der Waals surface area contributed by atoms with E-state index in [1.807, 2.05) is 0 Å². The summed E-state index contributed by atoms with van der Waals surface area (Å²) in [6, 6.07) is -0.580. The van der Waals surface area contributed by atoms with Gasteiger partial charge in [0.2, 0.25) is 11.8 Å². The third-order valence-corrected chi connectivity index (χ3v) is 7.93. The summed E-state index contributed by atoms with van der Waals surface area (Å²) in [5, 5.41) is 3.99. The second-order valence-corrected chi connectivity index (χ2v) is 10.5. The summed E-state index contributed by atoms with van der Waals surface area (Å²) in [5.74, 6) is -0.920. The minimum atomic E-state index is -3.24. The van der Waals surface area contributed by atoms with Gasteiger partial charge in [-0.25, -0.2) is 13.2 Å². The number of hydrogen-bond donors (Lipinski definition) is 3. The molecule has 1 aliphatic carbocycles. The van der Waals surface area contributed by atoms with Crippen LogP contribution in [0.2, 0.25) is 0 Å². The van der Waals surface area contributed by atoms with Crippen molar-refractivity contribution in [2.45, 2.75) is 49.3 Å². The van der Waals surface area contributed by atoms with Crippen molar-refractivity contribution >= 4 is 39.5 Å². The summed E-state index contributed by atoms with van der Waals surface area (Å²) in [5.41, 5.74) is 5.98. The lowest BCUT2D eigenvalue weighted by Gasteiger charge is -2.33. The lowest BCUT2D eigenvalue weighted by atomic mass is 9.85. The molecule has 0 aromatic heterocycles. The maximum absolute atomic E-state index is 12.6. The first kappa shape index (κ1) is 22.0. The highest BCUT2D eigenvalue weighted by Crippen LogP contribution is 2.33. The standard InChI is InChI=1S/C16H27N3O6S2/c1-3-25-16(22)19-14(21)10-6-7-26-15(10)18-13(20)9-4-5-12(11(17)8-9)27(2,23)24/h9-12,15H,3-8,17H2,1-2H3,(H,18,20)(H,19,21,22). The summed E-state index contributed by atoms with van der Waals surface area (Å²) in [6.45, 7) is 1.80. The van der Waals surface area contributed by atoms with Gasteiger partial charge in [-0.2, -0.15) is 0 Å². The van der Waals surface area contributed by atoms with Crippen LogP contribution in [0.15, 0.2) is 0 Å². The Hall–Kier alpha value is -1.33. The summed E-state index contributed by atoms with van der Waals surface area (Å²) in [6.07, 6.45) is 1.99. The number of sulfone groups is 1. The maximum Gasteiger partial charge on any atom is 0.413 e. The average Bonchev–Trinajstić information content (AvgIpc) is 3.01. The summed E-state index contributed by atoms with van der Waals surface area (Å²) >= 11 is 1.45. The molecule has 154 valence electrons. The number of rotatable bonds is 5. The Morgan fingerprint density at radius 2 is 1.89 bits per heavy atom. The van der Waals surface area contributed by atoms with Crippen molar-refractivity contribution in [3.8, 4) is 0 Å².